The number of unbranched alkanes of at least 4 members (excludes halogenated alkanes) is 1. The Morgan fingerprint density at radius 1 is 1.50 bits per heavy atom. The summed E-state index contributed by atoms with van der Waals surface area (Å²) in [5.41, 5.74) is 0.718. The Balaban J connectivity index is 1.95. The highest BCUT2D eigenvalue weighted by molar-refractivity contribution is 8.01. The highest BCUT2D eigenvalue weighted by Crippen LogP contribution is 2.38. The van der Waals surface area contributed by atoms with Gasteiger partial charge in [-0.05, 0) is 24.6 Å². The van der Waals surface area contributed by atoms with Crippen molar-refractivity contribution in [3.8, 4) is 0 Å². The van der Waals surface area contributed by atoms with Gasteiger partial charge in [-0.25, -0.2) is 0 Å². The number of benzene rings is 1. The topological polar surface area (TPSA) is 58.2 Å². The first-order valence-electron chi connectivity index (χ1n) is 6.64. The highest BCUT2D eigenvalue weighted by atomic mass is 35.5. The summed E-state index contributed by atoms with van der Waals surface area (Å²) in [4.78, 5) is 24.7. The summed E-state index contributed by atoms with van der Waals surface area (Å²) in [5.74, 6) is -0.223. The standard InChI is InChI=1S/C14H17ClN2O2S/c1-2-3-6-16-13(18)8-12-14(19)17-10-7-9(15)4-5-11(10)20-12/h4-5,7,12H,2-3,6,8H2,1H3,(H,16,18)(H,17,19)/t12-/m1/s1. The van der Waals surface area contributed by atoms with Crippen LogP contribution in [0, 0.1) is 0 Å². The molecule has 0 radical (unpaired) electrons. The van der Waals surface area contributed by atoms with Crippen LogP contribution in [0.3, 0.4) is 0 Å². The molecule has 1 aromatic carbocycles. The van der Waals surface area contributed by atoms with Gasteiger partial charge >= 0.3 is 0 Å². The van der Waals surface area contributed by atoms with Crippen LogP contribution in [-0.2, 0) is 9.59 Å². The van der Waals surface area contributed by atoms with Crippen LogP contribution in [0.1, 0.15) is 26.2 Å². The van der Waals surface area contributed by atoms with E-state index in [9.17, 15) is 9.59 Å². The molecule has 20 heavy (non-hydrogen) atoms. The van der Waals surface area contributed by atoms with Gasteiger partial charge < -0.3 is 10.6 Å². The molecule has 1 aromatic rings. The fraction of sp³-hybridized carbons (Fsp3) is 0.429. The molecular formula is C14H17ClN2O2S. The molecule has 0 unspecified atom stereocenters. The quantitative estimate of drug-likeness (QED) is 0.822. The third-order valence-electron chi connectivity index (χ3n) is 2.98. The van der Waals surface area contributed by atoms with Crippen LogP contribution in [-0.4, -0.2) is 23.6 Å². The molecule has 0 saturated heterocycles. The van der Waals surface area contributed by atoms with Crippen LogP contribution in [0.2, 0.25) is 5.02 Å². The van der Waals surface area contributed by atoms with Crippen LogP contribution in [0.25, 0.3) is 0 Å². The van der Waals surface area contributed by atoms with Crippen molar-refractivity contribution >= 4 is 40.9 Å². The van der Waals surface area contributed by atoms with Crippen LogP contribution >= 0.6 is 23.4 Å². The van der Waals surface area contributed by atoms with E-state index in [1.807, 2.05) is 6.07 Å². The number of anilines is 1. The van der Waals surface area contributed by atoms with Crippen LogP contribution < -0.4 is 10.6 Å². The Hall–Kier alpha value is -1.20. The molecule has 1 aliphatic heterocycles. The van der Waals surface area contributed by atoms with Gasteiger partial charge in [0.15, 0.2) is 0 Å². The monoisotopic (exact) mass is 312 g/mol. The smallest absolute Gasteiger partial charge is 0.238 e. The predicted molar refractivity (Wildman–Crippen MR) is 82.3 cm³/mol. The lowest BCUT2D eigenvalue weighted by Crippen LogP contribution is -2.35. The normalized spacial score (nSPS) is 17.3. The molecule has 0 saturated carbocycles. The fourth-order valence-corrected chi connectivity index (χ4v) is 3.16. The van der Waals surface area contributed by atoms with Crippen molar-refractivity contribution in [2.45, 2.75) is 36.3 Å². The minimum Gasteiger partial charge on any atom is -0.356 e. The SMILES string of the molecule is CCCCNC(=O)C[C@H]1Sc2ccc(Cl)cc2NC1=O. The first kappa shape index (κ1) is 15.2. The average Bonchev–Trinajstić information content (AvgIpc) is 2.40. The summed E-state index contributed by atoms with van der Waals surface area (Å²) in [6.07, 6.45) is 2.19. The zero-order valence-electron chi connectivity index (χ0n) is 11.2. The van der Waals surface area contributed by atoms with Gasteiger partial charge in [0.25, 0.3) is 0 Å². The molecule has 0 spiro atoms. The lowest BCUT2D eigenvalue weighted by atomic mass is 10.2. The van der Waals surface area contributed by atoms with Crippen molar-refractivity contribution in [3.05, 3.63) is 23.2 Å². The van der Waals surface area contributed by atoms with Crippen molar-refractivity contribution in [3.63, 3.8) is 0 Å². The zero-order chi connectivity index (χ0) is 14.5. The van der Waals surface area contributed by atoms with E-state index in [0.717, 1.165) is 23.4 Å². The molecule has 1 aliphatic rings. The van der Waals surface area contributed by atoms with Crippen molar-refractivity contribution in [2.24, 2.45) is 0 Å². The molecule has 2 amide bonds. The van der Waals surface area contributed by atoms with E-state index in [1.54, 1.807) is 12.1 Å². The number of thioether (sulfide) groups is 1. The first-order valence-corrected chi connectivity index (χ1v) is 7.89. The Morgan fingerprint density at radius 3 is 3.05 bits per heavy atom. The number of carbonyl (C=O) groups is 2. The molecule has 0 aliphatic carbocycles. The summed E-state index contributed by atoms with van der Waals surface area (Å²) in [5, 5.41) is 5.83. The van der Waals surface area contributed by atoms with Gasteiger partial charge in [0.2, 0.25) is 11.8 Å². The van der Waals surface area contributed by atoms with Gasteiger partial charge in [-0.1, -0.05) is 24.9 Å². The van der Waals surface area contributed by atoms with Gasteiger partial charge in [-0.2, -0.15) is 0 Å². The predicted octanol–water partition coefficient (Wildman–Crippen LogP) is 3.06. The van der Waals surface area contributed by atoms with Gasteiger partial charge in [0.1, 0.15) is 0 Å². The van der Waals surface area contributed by atoms with E-state index < -0.39 is 0 Å². The van der Waals surface area contributed by atoms with E-state index in [-0.39, 0.29) is 23.5 Å². The first-order chi connectivity index (χ1) is 9.60. The van der Waals surface area contributed by atoms with E-state index >= 15 is 0 Å². The second-order valence-electron chi connectivity index (χ2n) is 4.64. The summed E-state index contributed by atoms with van der Waals surface area (Å²) in [6.45, 7) is 2.74. The molecule has 6 heteroatoms. The van der Waals surface area contributed by atoms with Crippen molar-refractivity contribution in [2.75, 3.05) is 11.9 Å². The lowest BCUT2D eigenvalue weighted by molar-refractivity contribution is -0.124. The van der Waals surface area contributed by atoms with E-state index in [2.05, 4.69) is 17.6 Å². The highest BCUT2D eigenvalue weighted by Gasteiger charge is 2.28. The molecule has 0 fully saturated rings. The zero-order valence-corrected chi connectivity index (χ0v) is 12.8. The molecule has 1 heterocycles. The van der Waals surface area contributed by atoms with Crippen LogP contribution in [0.4, 0.5) is 5.69 Å². The molecule has 2 N–H and O–H groups in total. The molecular weight excluding hydrogens is 296 g/mol. The molecule has 108 valence electrons. The summed E-state index contributed by atoms with van der Waals surface area (Å²) < 4.78 is 0. The molecule has 4 nitrogen and oxygen atoms in total. The van der Waals surface area contributed by atoms with Crippen LogP contribution in [0.15, 0.2) is 23.1 Å². The maximum Gasteiger partial charge on any atom is 0.238 e. The average molecular weight is 313 g/mol. The van der Waals surface area contributed by atoms with Crippen LogP contribution in [0.5, 0.6) is 0 Å². The van der Waals surface area contributed by atoms with Gasteiger partial charge in [-0.15, -0.1) is 11.8 Å². The number of carbonyl (C=O) groups excluding carboxylic acids is 2. The maximum absolute atomic E-state index is 12.0. The molecule has 2 rings (SSSR count). The van der Waals surface area contributed by atoms with E-state index in [0.29, 0.717) is 11.6 Å². The Kier molecular flexibility index (Phi) is 5.31. The minimum absolute atomic E-state index is 0.0801. The number of nitrogens with one attached hydrogen (secondary N) is 2. The molecule has 0 aromatic heterocycles. The number of hydrogen-bond acceptors (Lipinski definition) is 3. The van der Waals surface area contributed by atoms with E-state index in [1.165, 1.54) is 11.8 Å². The fourth-order valence-electron chi connectivity index (χ4n) is 1.90. The van der Waals surface area contributed by atoms with Crippen molar-refractivity contribution in [1.82, 2.24) is 5.32 Å². The Bertz CT molecular complexity index is 522. The maximum atomic E-state index is 12.0. The molecule has 0 bridgehead atoms. The Labute approximate surface area is 127 Å². The molecule has 1 atom stereocenters. The number of halogens is 1. The lowest BCUT2D eigenvalue weighted by Gasteiger charge is -2.23. The largest absolute Gasteiger partial charge is 0.356 e. The van der Waals surface area contributed by atoms with E-state index in [4.69, 9.17) is 11.6 Å². The van der Waals surface area contributed by atoms with Gasteiger partial charge in [-0.3, -0.25) is 9.59 Å². The summed E-state index contributed by atoms with van der Waals surface area (Å²) in [6, 6.07) is 5.37. The number of amides is 2. The van der Waals surface area contributed by atoms with Gasteiger partial charge in [0.05, 0.1) is 10.9 Å². The Morgan fingerprint density at radius 2 is 2.30 bits per heavy atom. The second kappa shape index (κ2) is 6.99. The number of fused-ring (bicyclic) bond motifs is 1. The van der Waals surface area contributed by atoms with Gasteiger partial charge in [0, 0.05) is 22.9 Å². The number of hydrogen-bond donors (Lipinski definition) is 2. The van der Waals surface area contributed by atoms with Crippen molar-refractivity contribution in [1.29, 1.82) is 0 Å². The second-order valence-corrected chi connectivity index (χ2v) is 6.32. The third-order valence-corrected chi connectivity index (χ3v) is 4.49. The third kappa shape index (κ3) is 3.90. The van der Waals surface area contributed by atoms with Crippen molar-refractivity contribution < 1.29 is 9.59 Å². The number of rotatable bonds is 5. The summed E-state index contributed by atoms with van der Waals surface area (Å²) >= 11 is 7.30. The summed E-state index contributed by atoms with van der Waals surface area (Å²) in [7, 11) is 0. The minimum atomic E-state index is -0.384.